The molecule has 6 nitrogen and oxygen atoms in total. The van der Waals surface area contributed by atoms with Crippen LogP contribution in [-0.4, -0.2) is 47.0 Å². The number of carbonyl (C=O) groups excluding carboxylic acids is 2. The number of ether oxygens (including phenoxy) is 1. The minimum Gasteiger partial charge on any atom is -0.372 e. The minimum absolute atomic E-state index is 0.0645. The van der Waals surface area contributed by atoms with Crippen LogP contribution in [0, 0.1) is 0 Å². The van der Waals surface area contributed by atoms with Gasteiger partial charge in [0.25, 0.3) is 0 Å². The van der Waals surface area contributed by atoms with Crippen LogP contribution in [0.3, 0.4) is 0 Å². The van der Waals surface area contributed by atoms with E-state index in [0.29, 0.717) is 25.0 Å². The van der Waals surface area contributed by atoms with E-state index in [1.807, 2.05) is 0 Å². The SMILES string of the molecule is CC(C)(N)C(=O)NC1CC(=O)N2CC(OCc3cc(C(F)(F)F)cc(C(F)(F)F)c3)CC2C1. The Hall–Kier alpha value is -2.34. The van der Waals surface area contributed by atoms with Crippen LogP contribution >= 0.6 is 0 Å². The summed E-state index contributed by atoms with van der Waals surface area (Å²) in [6.07, 6.45) is -9.54. The number of alkyl halides is 6. The molecule has 1 aromatic carbocycles. The first-order chi connectivity index (χ1) is 15.0. The molecular formula is C21H25F6N3O3. The van der Waals surface area contributed by atoms with Crippen LogP contribution in [-0.2, 0) is 33.3 Å². The van der Waals surface area contributed by atoms with Gasteiger partial charge in [0, 0.05) is 25.0 Å². The number of halogens is 6. The van der Waals surface area contributed by atoms with Gasteiger partial charge in [-0.3, -0.25) is 9.59 Å². The molecule has 2 saturated heterocycles. The number of hydrogen-bond acceptors (Lipinski definition) is 4. The van der Waals surface area contributed by atoms with Crippen LogP contribution in [0.4, 0.5) is 26.3 Å². The van der Waals surface area contributed by atoms with Crippen LogP contribution in [0.5, 0.6) is 0 Å². The first kappa shape index (κ1) is 25.3. The van der Waals surface area contributed by atoms with E-state index in [0.717, 1.165) is 0 Å². The van der Waals surface area contributed by atoms with Gasteiger partial charge in [-0.15, -0.1) is 0 Å². The molecule has 2 fully saturated rings. The van der Waals surface area contributed by atoms with Crippen LogP contribution < -0.4 is 11.1 Å². The summed E-state index contributed by atoms with van der Waals surface area (Å²) in [5.74, 6) is -0.611. The number of nitrogens with two attached hydrogens (primary N) is 1. The zero-order chi connectivity index (χ0) is 24.8. The van der Waals surface area contributed by atoms with Gasteiger partial charge in [0.05, 0.1) is 29.4 Å². The van der Waals surface area contributed by atoms with E-state index in [9.17, 15) is 35.9 Å². The van der Waals surface area contributed by atoms with Gasteiger partial charge in [0.2, 0.25) is 11.8 Å². The van der Waals surface area contributed by atoms with Crippen molar-refractivity contribution in [3.05, 3.63) is 34.9 Å². The highest BCUT2D eigenvalue weighted by Gasteiger charge is 2.42. The number of amides is 2. The summed E-state index contributed by atoms with van der Waals surface area (Å²) in [6.45, 7) is 2.79. The maximum atomic E-state index is 13.0. The number of hydrogen-bond donors (Lipinski definition) is 2. The second kappa shape index (κ2) is 8.79. The number of nitrogens with one attached hydrogen (secondary N) is 1. The molecule has 3 atom stereocenters. The summed E-state index contributed by atoms with van der Waals surface area (Å²) in [6, 6.07) is 0.654. The summed E-state index contributed by atoms with van der Waals surface area (Å²) >= 11 is 0. The Morgan fingerprint density at radius 1 is 1.09 bits per heavy atom. The van der Waals surface area contributed by atoms with E-state index in [2.05, 4.69) is 5.32 Å². The summed E-state index contributed by atoms with van der Waals surface area (Å²) in [4.78, 5) is 26.2. The van der Waals surface area contributed by atoms with Gasteiger partial charge in [-0.05, 0) is 50.5 Å². The van der Waals surface area contributed by atoms with E-state index in [4.69, 9.17) is 10.5 Å². The van der Waals surface area contributed by atoms with Crippen LogP contribution in [0.2, 0.25) is 0 Å². The second-order valence-corrected chi connectivity index (χ2v) is 9.11. The van der Waals surface area contributed by atoms with Crippen LogP contribution in [0.25, 0.3) is 0 Å². The number of piperidine rings is 1. The normalized spacial score (nSPS) is 24.1. The van der Waals surface area contributed by atoms with Crippen LogP contribution in [0.15, 0.2) is 18.2 Å². The number of nitrogens with zero attached hydrogens (tertiary/aromatic N) is 1. The third-order valence-corrected chi connectivity index (χ3v) is 5.73. The standard InChI is InChI=1S/C21H25F6N3O3/c1-19(2,28)18(32)29-14-6-15-8-16(9-30(15)17(31)7-14)33-10-11-3-12(20(22,23)24)5-13(4-11)21(25,26)27/h3-5,14-16H,6-10,28H2,1-2H3,(H,29,32). The molecule has 0 saturated carbocycles. The zero-order valence-corrected chi connectivity index (χ0v) is 18.0. The molecule has 2 aliphatic rings. The smallest absolute Gasteiger partial charge is 0.372 e. The van der Waals surface area contributed by atoms with E-state index < -0.39 is 53.7 Å². The number of fused-ring (bicyclic) bond motifs is 1. The molecule has 2 amide bonds. The quantitative estimate of drug-likeness (QED) is 0.633. The Kier molecular flexibility index (Phi) is 6.73. The second-order valence-electron chi connectivity index (χ2n) is 9.11. The van der Waals surface area contributed by atoms with Crippen LogP contribution in [0.1, 0.15) is 49.8 Å². The summed E-state index contributed by atoms with van der Waals surface area (Å²) in [7, 11) is 0. The minimum atomic E-state index is -4.94. The lowest BCUT2D eigenvalue weighted by Gasteiger charge is -2.35. The van der Waals surface area contributed by atoms with E-state index in [-0.39, 0.29) is 36.5 Å². The Labute approximate surface area is 186 Å². The molecule has 3 rings (SSSR count). The van der Waals surface area contributed by atoms with Crippen molar-refractivity contribution in [3.8, 4) is 0 Å². The molecule has 12 heteroatoms. The fourth-order valence-electron chi connectivity index (χ4n) is 4.06. The van der Waals surface area contributed by atoms with Gasteiger partial charge in [-0.2, -0.15) is 26.3 Å². The lowest BCUT2D eigenvalue weighted by Crippen LogP contribution is -2.56. The Balaban J connectivity index is 1.65. The average molecular weight is 481 g/mol. The number of benzene rings is 1. The monoisotopic (exact) mass is 481 g/mol. The van der Waals surface area contributed by atoms with Gasteiger partial charge < -0.3 is 20.7 Å². The van der Waals surface area contributed by atoms with Crippen molar-refractivity contribution in [2.45, 2.75) is 75.8 Å². The highest BCUT2D eigenvalue weighted by Crippen LogP contribution is 2.37. The Bertz CT molecular complexity index is 878. The molecule has 2 aliphatic heterocycles. The Morgan fingerprint density at radius 3 is 2.18 bits per heavy atom. The average Bonchev–Trinajstić information content (AvgIpc) is 3.07. The van der Waals surface area contributed by atoms with E-state index in [1.165, 1.54) is 13.8 Å². The highest BCUT2D eigenvalue weighted by atomic mass is 19.4. The number of carbonyl (C=O) groups is 2. The van der Waals surface area contributed by atoms with Gasteiger partial charge in [-0.25, -0.2) is 0 Å². The highest BCUT2D eigenvalue weighted by molar-refractivity contribution is 5.86. The summed E-state index contributed by atoms with van der Waals surface area (Å²) in [5, 5.41) is 2.75. The van der Waals surface area contributed by atoms with Crippen molar-refractivity contribution in [2.75, 3.05) is 6.54 Å². The molecule has 1 aromatic rings. The summed E-state index contributed by atoms with van der Waals surface area (Å²) < 4.78 is 83.8. The predicted octanol–water partition coefficient (Wildman–Crippen LogP) is 3.23. The fourth-order valence-corrected chi connectivity index (χ4v) is 4.06. The first-order valence-corrected chi connectivity index (χ1v) is 10.3. The van der Waals surface area contributed by atoms with Crippen molar-refractivity contribution in [1.29, 1.82) is 0 Å². The molecule has 3 N–H and O–H groups in total. The van der Waals surface area contributed by atoms with Crippen molar-refractivity contribution in [2.24, 2.45) is 5.73 Å². The van der Waals surface area contributed by atoms with Gasteiger partial charge in [0.15, 0.2) is 0 Å². The molecule has 0 bridgehead atoms. The molecule has 3 unspecified atom stereocenters. The molecule has 0 radical (unpaired) electrons. The largest absolute Gasteiger partial charge is 0.416 e. The third-order valence-electron chi connectivity index (χ3n) is 5.73. The fraction of sp³-hybridized carbons (Fsp3) is 0.619. The molecule has 2 heterocycles. The lowest BCUT2D eigenvalue weighted by molar-refractivity contribution is -0.143. The van der Waals surface area contributed by atoms with E-state index >= 15 is 0 Å². The van der Waals surface area contributed by atoms with Crippen molar-refractivity contribution in [3.63, 3.8) is 0 Å². The molecule has 0 aliphatic carbocycles. The maximum absolute atomic E-state index is 13.0. The van der Waals surface area contributed by atoms with Gasteiger partial charge in [0.1, 0.15) is 0 Å². The van der Waals surface area contributed by atoms with Gasteiger partial charge >= 0.3 is 12.4 Å². The maximum Gasteiger partial charge on any atom is 0.416 e. The first-order valence-electron chi connectivity index (χ1n) is 10.3. The Morgan fingerprint density at radius 2 is 1.67 bits per heavy atom. The molecule has 0 spiro atoms. The number of rotatable bonds is 5. The van der Waals surface area contributed by atoms with Gasteiger partial charge in [-0.1, -0.05) is 0 Å². The zero-order valence-electron chi connectivity index (χ0n) is 18.0. The molecule has 0 aromatic heterocycles. The van der Waals surface area contributed by atoms with Crippen molar-refractivity contribution < 1.29 is 40.7 Å². The molecule has 33 heavy (non-hydrogen) atoms. The summed E-state index contributed by atoms with van der Waals surface area (Å²) in [5.41, 5.74) is 1.58. The predicted molar refractivity (Wildman–Crippen MR) is 105 cm³/mol. The van der Waals surface area contributed by atoms with E-state index in [1.54, 1.807) is 4.90 Å². The molecular weight excluding hydrogens is 456 g/mol. The lowest BCUT2D eigenvalue weighted by atomic mass is 9.95. The topological polar surface area (TPSA) is 84.7 Å². The van der Waals surface area contributed by atoms with Crippen molar-refractivity contribution in [1.82, 2.24) is 10.2 Å². The van der Waals surface area contributed by atoms with Crippen molar-refractivity contribution >= 4 is 11.8 Å². The molecule has 184 valence electrons. The third kappa shape index (κ3) is 6.17.